The van der Waals surface area contributed by atoms with Gasteiger partial charge in [0.1, 0.15) is 5.60 Å². The topological polar surface area (TPSA) is 50.8 Å². The van der Waals surface area contributed by atoms with E-state index >= 15 is 0 Å². The molecular weight excluding hydrogens is 268 g/mol. The van der Waals surface area contributed by atoms with Crippen molar-refractivity contribution in [3.8, 4) is 0 Å². The van der Waals surface area contributed by atoms with Gasteiger partial charge in [0.2, 0.25) is 0 Å². The number of ether oxygens (including phenoxy) is 2. The van der Waals surface area contributed by atoms with E-state index in [4.69, 9.17) is 9.47 Å². The molecule has 5 nitrogen and oxygen atoms in total. The van der Waals surface area contributed by atoms with Crippen LogP contribution in [0.2, 0.25) is 0 Å². The Bertz CT molecular complexity index is 335. The minimum atomic E-state index is -0.423. The van der Waals surface area contributed by atoms with Crippen molar-refractivity contribution in [2.75, 3.05) is 26.2 Å². The molecule has 0 spiro atoms. The number of likely N-dealkylation sites (tertiary alicyclic amines) is 1. The summed E-state index contributed by atoms with van der Waals surface area (Å²) in [5.41, 5.74) is -0.423. The van der Waals surface area contributed by atoms with E-state index in [0.717, 1.165) is 45.5 Å². The van der Waals surface area contributed by atoms with Crippen molar-refractivity contribution in [3.05, 3.63) is 0 Å². The van der Waals surface area contributed by atoms with Crippen LogP contribution in [-0.4, -0.2) is 55.0 Å². The van der Waals surface area contributed by atoms with Gasteiger partial charge in [0.15, 0.2) is 0 Å². The second kappa shape index (κ2) is 7.45. The van der Waals surface area contributed by atoms with Gasteiger partial charge in [-0.3, -0.25) is 0 Å². The van der Waals surface area contributed by atoms with Gasteiger partial charge in [-0.25, -0.2) is 4.79 Å². The van der Waals surface area contributed by atoms with Gasteiger partial charge in [-0.2, -0.15) is 0 Å². The van der Waals surface area contributed by atoms with Crippen molar-refractivity contribution in [2.24, 2.45) is 0 Å². The zero-order chi connectivity index (χ0) is 15.3. The fraction of sp³-hybridized carbons (Fsp3) is 0.938. The van der Waals surface area contributed by atoms with Crippen molar-refractivity contribution >= 4 is 6.09 Å². The number of nitrogens with one attached hydrogen (secondary N) is 1. The number of nitrogens with zero attached hydrogens (tertiary/aromatic N) is 1. The maximum Gasteiger partial charge on any atom is 0.410 e. The van der Waals surface area contributed by atoms with Crippen LogP contribution in [0.4, 0.5) is 4.79 Å². The summed E-state index contributed by atoms with van der Waals surface area (Å²) in [4.78, 5) is 14.1. The van der Waals surface area contributed by atoms with E-state index in [9.17, 15) is 4.79 Å². The van der Waals surface area contributed by atoms with Gasteiger partial charge >= 0.3 is 6.09 Å². The molecule has 5 heteroatoms. The number of amides is 1. The van der Waals surface area contributed by atoms with E-state index in [2.05, 4.69) is 5.32 Å². The largest absolute Gasteiger partial charge is 0.444 e. The monoisotopic (exact) mass is 298 g/mol. The molecular formula is C16H30N2O3. The quantitative estimate of drug-likeness (QED) is 0.866. The van der Waals surface area contributed by atoms with Gasteiger partial charge in [0.25, 0.3) is 0 Å². The molecule has 2 rings (SSSR count). The molecule has 0 aliphatic carbocycles. The minimum absolute atomic E-state index is 0.180. The molecule has 0 aromatic carbocycles. The van der Waals surface area contributed by atoms with E-state index in [1.165, 1.54) is 12.8 Å². The highest BCUT2D eigenvalue weighted by atomic mass is 16.6. The van der Waals surface area contributed by atoms with Crippen LogP contribution in [0.25, 0.3) is 0 Å². The van der Waals surface area contributed by atoms with Gasteiger partial charge in [0.05, 0.1) is 6.10 Å². The Labute approximate surface area is 128 Å². The zero-order valence-electron chi connectivity index (χ0n) is 13.7. The molecule has 0 saturated carbocycles. The van der Waals surface area contributed by atoms with Crippen LogP contribution in [-0.2, 0) is 9.47 Å². The molecule has 0 radical (unpaired) electrons. The van der Waals surface area contributed by atoms with Crippen LogP contribution in [0.3, 0.4) is 0 Å². The first-order valence-electron chi connectivity index (χ1n) is 8.27. The Morgan fingerprint density at radius 3 is 2.71 bits per heavy atom. The predicted octanol–water partition coefficient (Wildman–Crippen LogP) is 2.54. The fourth-order valence-electron chi connectivity index (χ4n) is 2.99. The molecule has 1 N–H and O–H groups in total. The van der Waals surface area contributed by atoms with E-state index < -0.39 is 5.60 Å². The third-order valence-electron chi connectivity index (χ3n) is 4.03. The zero-order valence-corrected chi connectivity index (χ0v) is 13.7. The summed E-state index contributed by atoms with van der Waals surface area (Å²) in [5.74, 6) is 0. The molecule has 2 unspecified atom stereocenters. The highest BCUT2D eigenvalue weighted by molar-refractivity contribution is 5.69. The molecule has 21 heavy (non-hydrogen) atoms. The first kappa shape index (κ1) is 16.6. The number of rotatable bonds is 4. The van der Waals surface area contributed by atoms with Gasteiger partial charge in [-0.15, -0.1) is 0 Å². The van der Waals surface area contributed by atoms with E-state index in [1.54, 1.807) is 0 Å². The van der Waals surface area contributed by atoms with Crippen LogP contribution in [0.15, 0.2) is 0 Å². The molecule has 2 saturated heterocycles. The molecule has 2 heterocycles. The Hall–Kier alpha value is -0.810. The lowest BCUT2D eigenvalue weighted by Crippen LogP contribution is -2.45. The van der Waals surface area contributed by atoms with Crippen LogP contribution in [0.5, 0.6) is 0 Å². The molecule has 1 amide bonds. The predicted molar refractivity (Wildman–Crippen MR) is 82.4 cm³/mol. The first-order chi connectivity index (χ1) is 9.96. The van der Waals surface area contributed by atoms with Crippen molar-refractivity contribution < 1.29 is 14.3 Å². The Kier molecular flexibility index (Phi) is 5.88. The Morgan fingerprint density at radius 1 is 1.24 bits per heavy atom. The maximum absolute atomic E-state index is 12.2. The van der Waals surface area contributed by atoms with Crippen molar-refractivity contribution in [1.82, 2.24) is 10.2 Å². The van der Waals surface area contributed by atoms with E-state index in [-0.39, 0.29) is 12.1 Å². The van der Waals surface area contributed by atoms with Crippen LogP contribution in [0.1, 0.15) is 52.9 Å². The number of hydrogen-bond acceptors (Lipinski definition) is 4. The Balaban J connectivity index is 1.72. The van der Waals surface area contributed by atoms with Crippen molar-refractivity contribution in [1.29, 1.82) is 0 Å². The summed E-state index contributed by atoms with van der Waals surface area (Å²) in [6.07, 6.45) is 5.87. The average Bonchev–Trinajstić information content (AvgIpc) is 2.86. The number of hydrogen-bond donors (Lipinski definition) is 1. The van der Waals surface area contributed by atoms with E-state index in [0.29, 0.717) is 6.10 Å². The molecule has 0 bridgehead atoms. The summed E-state index contributed by atoms with van der Waals surface area (Å²) in [5, 5.41) is 3.47. The third-order valence-corrected chi connectivity index (χ3v) is 4.03. The Morgan fingerprint density at radius 2 is 2.05 bits per heavy atom. The maximum atomic E-state index is 12.2. The van der Waals surface area contributed by atoms with Crippen LogP contribution >= 0.6 is 0 Å². The van der Waals surface area contributed by atoms with Crippen LogP contribution < -0.4 is 5.32 Å². The normalized spacial score (nSPS) is 26.9. The van der Waals surface area contributed by atoms with Crippen LogP contribution in [0, 0.1) is 0 Å². The summed E-state index contributed by atoms with van der Waals surface area (Å²) >= 11 is 0. The lowest BCUT2D eigenvalue weighted by Gasteiger charge is -2.29. The van der Waals surface area contributed by atoms with Gasteiger partial charge in [0, 0.05) is 32.3 Å². The van der Waals surface area contributed by atoms with Gasteiger partial charge in [-0.05, 0) is 52.9 Å². The van der Waals surface area contributed by atoms with E-state index in [1.807, 2.05) is 25.7 Å². The molecule has 2 aliphatic rings. The summed E-state index contributed by atoms with van der Waals surface area (Å²) in [7, 11) is 0. The first-order valence-corrected chi connectivity index (χ1v) is 8.27. The molecule has 0 aromatic heterocycles. The summed E-state index contributed by atoms with van der Waals surface area (Å²) in [6.45, 7) is 9.15. The molecule has 0 aromatic rings. The van der Waals surface area contributed by atoms with Crippen molar-refractivity contribution in [3.63, 3.8) is 0 Å². The van der Waals surface area contributed by atoms with Crippen molar-refractivity contribution in [2.45, 2.75) is 70.6 Å². The summed E-state index contributed by atoms with van der Waals surface area (Å²) in [6, 6.07) is 0.253. The fourth-order valence-corrected chi connectivity index (χ4v) is 2.99. The highest BCUT2D eigenvalue weighted by Gasteiger charge is 2.31. The lowest BCUT2D eigenvalue weighted by atomic mass is 10.1. The number of carbonyl (C=O) groups is 1. The smallest absolute Gasteiger partial charge is 0.410 e. The minimum Gasteiger partial charge on any atom is -0.444 e. The highest BCUT2D eigenvalue weighted by Crippen LogP contribution is 2.20. The lowest BCUT2D eigenvalue weighted by molar-refractivity contribution is 0.0137. The molecule has 2 fully saturated rings. The molecule has 2 aliphatic heterocycles. The van der Waals surface area contributed by atoms with Gasteiger partial charge in [-0.1, -0.05) is 0 Å². The molecule has 2 atom stereocenters. The second-order valence-electron chi connectivity index (χ2n) is 7.12. The number of carbonyl (C=O) groups excluding carboxylic acids is 1. The molecule has 122 valence electrons. The SMILES string of the molecule is CC(C)(C)OC(=O)N1CCCC1CNCC1CCCCO1. The summed E-state index contributed by atoms with van der Waals surface area (Å²) < 4.78 is 11.2. The third kappa shape index (κ3) is 5.47. The second-order valence-corrected chi connectivity index (χ2v) is 7.12. The standard InChI is InChI=1S/C16H30N2O3/c1-16(2,3)21-15(19)18-9-6-7-13(18)11-17-12-14-8-4-5-10-20-14/h13-14,17H,4-12H2,1-3H3. The van der Waals surface area contributed by atoms with Gasteiger partial charge < -0.3 is 19.7 Å². The average molecular weight is 298 g/mol.